The lowest BCUT2D eigenvalue weighted by Crippen LogP contribution is -2.53. The van der Waals surface area contributed by atoms with Gasteiger partial charge < -0.3 is 10.6 Å². The Bertz CT molecular complexity index is 312. The molecule has 0 heterocycles. The molecule has 1 aliphatic rings. The van der Waals surface area contributed by atoms with Gasteiger partial charge >= 0.3 is 0 Å². The van der Waals surface area contributed by atoms with Crippen molar-refractivity contribution in [1.29, 1.82) is 0 Å². The summed E-state index contributed by atoms with van der Waals surface area (Å²) in [6.07, 6.45) is 4.53. The Morgan fingerprint density at radius 1 is 0.947 bits per heavy atom. The maximum atomic E-state index is 12.0. The quantitative estimate of drug-likeness (QED) is 0.672. The van der Waals surface area contributed by atoms with Crippen LogP contribution in [0.25, 0.3) is 0 Å². The highest BCUT2D eigenvalue weighted by molar-refractivity contribution is 5.85. The molecule has 1 aliphatic carbocycles. The summed E-state index contributed by atoms with van der Waals surface area (Å²) in [5.41, 5.74) is 0. The summed E-state index contributed by atoms with van der Waals surface area (Å²) in [4.78, 5) is 23.7. The highest BCUT2D eigenvalue weighted by atomic mass is 16.2. The molecule has 1 saturated carbocycles. The lowest BCUT2D eigenvalue weighted by atomic mass is 10.2. The highest BCUT2D eigenvalue weighted by Gasteiger charge is 2.23. The summed E-state index contributed by atoms with van der Waals surface area (Å²) in [6.45, 7) is 7.40. The van der Waals surface area contributed by atoms with Crippen LogP contribution < -0.4 is 16.0 Å². The second-order valence-corrected chi connectivity index (χ2v) is 5.76. The monoisotopic (exact) mass is 269 g/mol. The van der Waals surface area contributed by atoms with Crippen LogP contribution in [0.4, 0.5) is 0 Å². The first kappa shape index (κ1) is 16.0. The van der Waals surface area contributed by atoms with Gasteiger partial charge in [-0.2, -0.15) is 0 Å². The van der Waals surface area contributed by atoms with Gasteiger partial charge in [0.15, 0.2) is 0 Å². The lowest BCUT2D eigenvalue weighted by molar-refractivity contribution is -0.125. The smallest absolute Gasteiger partial charge is 0.237 e. The largest absolute Gasteiger partial charge is 0.353 e. The van der Waals surface area contributed by atoms with E-state index in [1.807, 2.05) is 13.8 Å². The number of nitrogens with one attached hydrogen (secondary N) is 3. The van der Waals surface area contributed by atoms with E-state index in [-0.39, 0.29) is 29.9 Å². The van der Waals surface area contributed by atoms with E-state index in [1.165, 1.54) is 12.8 Å². The van der Waals surface area contributed by atoms with Gasteiger partial charge in [0.05, 0.1) is 12.1 Å². The summed E-state index contributed by atoms with van der Waals surface area (Å²) in [5, 5.41) is 8.89. The molecule has 3 N–H and O–H groups in total. The maximum absolute atomic E-state index is 12.0. The molecule has 0 saturated heterocycles. The number of rotatable bonds is 6. The third-order valence-electron chi connectivity index (χ3n) is 3.42. The van der Waals surface area contributed by atoms with Gasteiger partial charge in [-0.1, -0.05) is 12.8 Å². The molecule has 5 heteroatoms. The summed E-state index contributed by atoms with van der Waals surface area (Å²) >= 11 is 0. The minimum atomic E-state index is -0.369. The fourth-order valence-electron chi connectivity index (χ4n) is 2.33. The third-order valence-corrected chi connectivity index (χ3v) is 3.42. The molecule has 110 valence electrons. The van der Waals surface area contributed by atoms with Crippen molar-refractivity contribution >= 4 is 11.8 Å². The fraction of sp³-hybridized carbons (Fsp3) is 0.857. The van der Waals surface area contributed by atoms with E-state index in [0.717, 1.165) is 12.8 Å². The molecule has 0 aromatic heterocycles. The van der Waals surface area contributed by atoms with E-state index in [9.17, 15) is 9.59 Å². The van der Waals surface area contributed by atoms with Gasteiger partial charge in [-0.15, -0.1) is 0 Å². The number of hydrogen-bond acceptors (Lipinski definition) is 3. The first-order valence-electron chi connectivity index (χ1n) is 7.27. The van der Waals surface area contributed by atoms with Crippen molar-refractivity contribution in [1.82, 2.24) is 16.0 Å². The molecule has 0 aromatic carbocycles. The Balaban J connectivity index is 2.33. The van der Waals surface area contributed by atoms with Crippen LogP contribution in [0.15, 0.2) is 0 Å². The van der Waals surface area contributed by atoms with Crippen LogP contribution in [0.2, 0.25) is 0 Å². The van der Waals surface area contributed by atoms with E-state index in [0.29, 0.717) is 6.04 Å². The minimum Gasteiger partial charge on any atom is -0.353 e. The molecule has 1 rings (SSSR count). The van der Waals surface area contributed by atoms with Gasteiger partial charge in [0.25, 0.3) is 0 Å². The van der Waals surface area contributed by atoms with Gasteiger partial charge in [0.2, 0.25) is 11.8 Å². The van der Waals surface area contributed by atoms with Crippen molar-refractivity contribution in [2.75, 3.05) is 0 Å². The first-order chi connectivity index (χ1) is 8.90. The second kappa shape index (κ2) is 7.48. The summed E-state index contributed by atoms with van der Waals surface area (Å²) in [7, 11) is 0. The molecule has 2 unspecified atom stereocenters. The van der Waals surface area contributed by atoms with E-state index in [2.05, 4.69) is 16.0 Å². The predicted molar refractivity (Wildman–Crippen MR) is 75.7 cm³/mol. The normalized spacial score (nSPS) is 19.2. The summed E-state index contributed by atoms with van der Waals surface area (Å²) < 4.78 is 0. The zero-order valence-corrected chi connectivity index (χ0v) is 12.5. The third kappa shape index (κ3) is 5.59. The Morgan fingerprint density at radius 3 is 2.00 bits per heavy atom. The van der Waals surface area contributed by atoms with Crippen molar-refractivity contribution in [2.45, 2.75) is 77.5 Å². The molecule has 1 fully saturated rings. The van der Waals surface area contributed by atoms with Crippen molar-refractivity contribution in [2.24, 2.45) is 0 Å². The molecule has 19 heavy (non-hydrogen) atoms. The lowest BCUT2D eigenvalue weighted by Gasteiger charge is -2.22. The van der Waals surface area contributed by atoms with Crippen LogP contribution in [-0.2, 0) is 9.59 Å². The molecule has 0 aliphatic heterocycles. The fourth-order valence-corrected chi connectivity index (χ4v) is 2.33. The molecule has 2 atom stereocenters. The molecule has 0 aromatic rings. The van der Waals surface area contributed by atoms with Gasteiger partial charge in [-0.25, -0.2) is 0 Å². The molecular weight excluding hydrogens is 242 g/mol. The Kier molecular flexibility index (Phi) is 6.28. The standard InChI is InChI=1S/C14H27N3O2/c1-9(2)15-13(18)10(3)16-11(4)14(19)17-12-7-5-6-8-12/h9-12,16H,5-8H2,1-4H3,(H,15,18)(H,17,19). The maximum Gasteiger partial charge on any atom is 0.237 e. The zero-order valence-electron chi connectivity index (χ0n) is 12.5. The first-order valence-corrected chi connectivity index (χ1v) is 7.27. The van der Waals surface area contributed by atoms with Crippen LogP contribution in [0.3, 0.4) is 0 Å². The van der Waals surface area contributed by atoms with Crippen molar-refractivity contribution in [3.63, 3.8) is 0 Å². The molecule has 0 radical (unpaired) electrons. The van der Waals surface area contributed by atoms with Gasteiger partial charge in [0, 0.05) is 12.1 Å². The van der Waals surface area contributed by atoms with E-state index >= 15 is 0 Å². The highest BCUT2D eigenvalue weighted by Crippen LogP contribution is 2.17. The molecule has 5 nitrogen and oxygen atoms in total. The van der Waals surface area contributed by atoms with E-state index in [4.69, 9.17) is 0 Å². The SMILES string of the molecule is CC(C)NC(=O)C(C)NC(C)C(=O)NC1CCCC1. The van der Waals surface area contributed by atoms with Gasteiger partial charge in [-0.3, -0.25) is 14.9 Å². The van der Waals surface area contributed by atoms with E-state index < -0.39 is 0 Å². The van der Waals surface area contributed by atoms with Crippen LogP contribution in [0.5, 0.6) is 0 Å². The Morgan fingerprint density at radius 2 is 1.47 bits per heavy atom. The summed E-state index contributed by atoms with van der Waals surface area (Å²) in [6, 6.07) is -0.295. The second-order valence-electron chi connectivity index (χ2n) is 5.76. The Hall–Kier alpha value is -1.10. The number of hydrogen-bond donors (Lipinski definition) is 3. The molecular formula is C14H27N3O2. The zero-order chi connectivity index (χ0) is 14.4. The summed E-state index contributed by atoms with van der Waals surface area (Å²) in [5.74, 6) is -0.0911. The van der Waals surface area contributed by atoms with Crippen LogP contribution >= 0.6 is 0 Å². The molecule has 0 bridgehead atoms. The van der Waals surface area contributed by atoms with Crippen LogP contribution in [0.1, 0.15) is 53.4 Å². The molecule has 2 amide bonds. The average Bonchev–Trinajstić information content (AvgIpc) is 2.80. The predicted octanol–water partition coefficient (Wildman–Crippen LogP) is 0.936. The van der Waals surface area contributed by atoms with Crippen LogP contribution in [0, 0.1) is 0 Å². The average molecular weight is 269 g/mol. The topological polar surface area (TPSA) is 70.2 Å². The van der Waals surface area contributed by atoms with Crippen LogP contribution in [-0.4, -0.2) is 36.0 Å². The van der Waals surface area contributed by atoms with Crippen molar-refractivity contribution in [3.8, 4) is 0 Å². The number of carbonyl (C=O) groups excluding carboxylic acids is 2. The number of carbonyl (C=O) groups is 2. The van der Waals surface area contributed by atoms with E-state index in [1.54, 1.807) is 13.8 Å². The number of amides is 2. The molecule has 0 spiro atoms. The van der Waals surface area contributed by atoms with Gasteiger partial charge in [-0.05, 0) is 40.5 Å². The van der Waals surface area contributed by atoms with Gasteiger partial charge in [0.1, 0.15) is 0 Å². The minimum absolute atomic E-state index is 0.0175. The van der Waals surface area contributed by atoms with Crippen molar-refractivity contribution in [3.05, 3.63) is 0 Å². The van der Waals surface area contributed by atoms with Crippen molar-refractivity contribution < 1.29 is 9.59 Å². The Labute approximate surface area is 115 Å².